The van der Waals surface area contributed by atoms with E-state index in [1.807, 2.05) is 0 Å². The van der Waals surface area contributed by atoms with Crippen molar-refractivity contribution < 1.29 is 23.6 Å². The van der Waals surface area contributed by atoms with Crippen LogP contribution in [0.25, 0.3) is 0 Å². The molecule has 0 saturated heterocycles. The van der Waals surface area contributed by atoms with Crippen molar-refractivity contribution in [3.63, 3.8) is 0 Å². The highest BCUT2D eigenvalue weighted by molar-refractivity contribution is 6.59. The molecule has 0 saturated carbocycles. The molecule has 0 heterocycles. The smallest absolute Gasteiger partial charge is 0.488 e. The Bertz CT molecular complexity index is 623. The molecule has 0 radical (unpaired) electrons. The molecule has 0 aliphatic carbocycles. The van der Waals surface area contributed by atoms with Gasteiger partial charge in [-0.3, -0.25) is 0 Å². The summed E-state index contributed by atoms with van der Waals surface area (Å²) in [5.41, 5.74) is 0.385. The molecule has 0 spiro atoms. The summed E-state index contributed by atoms with van der Waals surface area (Å²) in [7, 11) is -1.81. The number of benzene rings is 2. The van der Waals surface area contributed by atoms with Crippen LogP contribution in [0.3, 0.4) is 0 Å². The van der Waals surface area contributed by atoms with Crippen molar-refractivity contribution in [2.75, 3.05) is 0 Å². The first kappa shape index (κ1) is 14.8. The van der Waals surface area contributed by atoms with E-state index < -0.39 is 18.8 Å². The molecule has 2 N–H and O–H groups in total. The van der Waals surface area contributed by atoms with Crippen molar-refractivity contribution >= 4 is 24.2 Å². The van der Waals surface area contributed by atoms with Gasteiger partial charge in [-0.2, -0.15) is 0 Å². The van der Waals surface area contributed by atoms with Crippen molar-refractivity contribution in [2.24, 2.45) is 0 Å². The lowest BCUT2D eigenvalue weighted by Gasteiger charge is -2.11. The van der Waals surface area contributed by atoms with E-state index in [1.165, 1.54) is 24.3 Å². The average molecular weight is 298 g/mol. The molecule has 2 aromatic carbocycles. The molecule has 0 amide bonds. The fourth-order valence-electron chi connectivity index (χ4n) is 1.67. The first-order valence-electron chi connectivity index (χ1n) is 5.69. The highest BCUT2D eigenvalue weighted by atomic mass is 35.5. The SMILES string of the molecule is OB(O)c1cc(F)ccc1COc1ccc(Cl)c(F)c1. The molecule has 0 aliphatic rings. The topological polar surface area (TPSA) is 49.7 Å². The minimum atomic E-state index is -1.81. The van der Waals surface area contributed by atoms with E-state index in [9.17, 15) is 8.78 Å². The Balaban J connectivity index is 2.16. The van der Waals surface area contributed by atoms with Gasteiger partial charge in [0.05, 0.1) is 5.02 Å². The number of rotatable bonds is 4. The van der Waals surface area contributed by atoms with E-state index in [0.29, 0.717) is 5.56 Å². The van der Waals surface area contributed by atoms with Crippen LogP contribution in [0.2, 0.25) is 5.02 Å². The van der Waals surface area contributed by atoms with E-state index in [2.05, 4.69) is 0 Å². The molecule has 7 heteroatoms. The molecule has 0 aliphatic heterocycles. The number of hydrogen-bond acceptors (Lipinski definition) is 3. The summed E-state index contributed by atoms with van der Waals surface area (Å²) < 4.78 is 31.6. The van der Waals surface area contributed by atoms with Crippen LogP contribution in [0.1, 0.15) is 5.56 Å². The van der Waals surface area contributed by atoms with Gasteiger partial charge in [0.2, 0.25) is 0 Å². The van der Waals surface area contributed by atoms with Crippen LogP contribution in [-0.4, -0.2) is 17.2 Å². The molecule has 2 rings (SSSR count). The van der Waals surface area contributed by atoms with Gasteiger partial charge in [0, 0.05) is 6.07 Å². The van der Waals surface area contributed by atoms with Gasteiger partial charge in [-0.15, -0.1) is 0 Å². The van der Waals surface area contributed by atoms with Crippen molar-refractivity contribution in [1.82, 2.24) is 0 Å². The lowest BCUT2D eigenvalue weighted by atomic mass is 9.77. The highest BCUT2D eigenvalue weighted by Gasteiger charge is 2.17. The summed E-state index contributed by atoms with van der Waals surface area (Å²) in [6, 6.07) is 7.48. The minimum absolute atomic E-state index is 0.000523. The van der Waals surface area contributed by atoms with Crippen molar-refractivity contribution in [3.05, 3.63) is 58.6 Å². The summed E-state index contributed by atoms with van der Waals surface area (Å²) in [4.78, 5) is 0. The first-order valence-corrected chi connectivity index (χ1v) is 6.07. The number of ether oxygens (including phenoxy) is 1. The van der Waals surface area contributed by atoms with Crippen molar-refractivity contribution in [1.29, 1.82) is 0 Å². The van der Waals surface area contributed by atoms with Crippen LogP contribution in [0, 0.1) is 11.6 Å². The van der Waals surface area contributed by atoms with Crippen molar-refractivity contribution in [2.45, 2.75) is 6.61 Å². The van der Waals surface area contributed by atoms with Crippen molar-refractivity contribution in [3.8, 4) is 5.75 Å². The van der Waals surface area contributed by atoms with E-state index in [1.54, 1.807) is 0 Å². The molecular formula is C13H10BClF2O3. The maximum Gasteiger partial charge on any atom is 0.488 e. The third-order valence-electron chi connectivity index (χ3n) is 2.67. The Morgan fingerprint density at radius 2 is 1.85 bits per heavy atom. The average Bonchev–Trinajstić information content (AvgIpc) is 2.41. The van der Waals surface area contributed by atoms with Crippen LogP contribution in [-0.2, 0) is 6.61 Å². The fraction of sp³-hybridized carbons (Fsp3) is 0.0769. The van der Waals surface area contributed by atoms with Gasteiger partial charge in [0.15, 0.2) is 0 Å². The van der Waals surface area contributed by atoms with E-state index in [-0.39, 0.29) is 22.8 Å². The van der Waals surface area contributed by atoms with Gasteiger partial charge in [0.25, 0.3) is 0 Å². The molecule has 0 aromatic heterocycles. The third-order valence-corrected chi connectivity index (χ3v) is 2.98. The lowest BCUT2D eigenvalue weighted by Crippen LogP contribution is -2.34. The molecule has 2 aromatic rings. The number of hydrogen-bond donors (Lipinski definition) is 2. The third kappa shape index (κ3) is 3.48. The zero-order valence-electron chi connectivity index (χ0n) is 10.2. The van der Waals surface area contributed by atoms with E-state index in [0.717, 1.165) is 12.1 Å². The predicted octanol–water partition coefficient (Wildman–Crippen LogP) is 1.88. The maximum absolute atomic E-state index is 13.2. The molecule has 0 unspecified atom stereocenters. The van der Waals surface area contributed by atoms with Gasteiger partial charge in [-0.1, -0.05) is 17.7 Å². The van der Waals surface area contributed by atoms with Gasteiger partial charge >= 0.3 is 7.12 Å². The van der Waals surface area contributed by atoms with E-state index in [4.69, 9.17) is 26.4 Å². The molecule has 20 heavy (non-hydrogen) atoms. The molecular weight excluding hydrogens is 288 g/mol. The van der Waals surface area contributed by atoms with E-state index >= 15 is 0 Å². The van der Waals surface area contributed by atoms with Gasteiger partial charge in [-0.25, -0.2) is 8.78 Å². The second-order valence-corrected chi connectivity index (χ2v) is 4.49. The summed E-state index contributed by atoms with van der Waals surface area (Å²) in [6.45, 7) is -0.0612. The lowest BCUT2D eigenvalue weighted by molar-refractivity contribution is 0.304. The molecule has 104 valence electrons. The largest absolute Gasteiger partial charge is 0.489 e. The van der Waals surface area contributed by atoms with Crippen LogP contribution >= 0.6 is 11.6 Å². The van der Waals surface area contributed by atoms with Crippen LogP contribution < -0.4 is 10.2 Å². The molecule has 0 bridgehead atoms. The quantitative estimate of drug-likeness (QED) is 0.847. The van der Waals surface area contributed by atoms with Crippen LogP contribution in [0.15, 0.2) is 36.4 Å². The van der Waals surface area contributed by atoms with Gasteiger partial charge in [0.1, 0.15) is 24.0 Å². The Labute approximate surface area is 119 Å². The second kappa shape index (κ2) is 6.22. The maximum atomic E-state index is 13.2. The predicted molar refractivity (Wildman–Crippen MR) is 72.0 cm³/mol. The molecule has 0 fully saturated rings. The van der Waals surface area contributed by atoms with Crippen LogP contribution in [0.4, 0.5) is 8.78 Å². The zero-order valence-corrected chi connectivity index (χ0v) is 10.9. The molecule has 3 nitrogen and oxygen atoms in total. The highest BCUT2D eigenvalue weighted by Crippen LogP contribution is 2.21. The zero-order chi connectivity index (χ0) is 14.7. The summed E-state index contributed by atoms with van der Waals surface area (Å²) in [5, 5.41) is 18.3. The molecule has 0 atom stereocenters. The van der Waals surface area contributed by atoms with Gasteiger partial charge in [-0.05, 0) is 35.3 Å². The Morgan fingerprint density at radius 1 is 1.10 bits per heavy atom. The summed E-state index contributed by atoms with van der Waals surface area (Å²) in [6.07, 6.45) is 0. The van der Waals surface area contributed by atoms with Gasteiger partial charge < -0.3 is 14.8 Å². The summed E-state index contributed by atoms with van der Waals surface area (Å²) in [5.74, 6) is -0.977. The summed E-state index contributed by atoms with van der Waals surface area (Å²) >= 11 is 5.54. The standard InChI is InChI=1S/C13H10BClF2O3/c15-12-4-3-10(6-13(12)17)20-7-8-1-2-9(16)5-11(8)14(18)19/h1-6,18-19H,7H2. The second-order valence-electron chi connectivity index (χ2n) is 4.08. The van der Waals surface area contributed by atoms with Crippen LogP contribution in [0.5, 0.6) is 5.75 Å². The monoisotopic (exact) mass is 298 g/mol. The fourth-order valence-corrected chi connectivity index (χ4v) is 1.78. The Kier molecular flexibility index (Phi) is 4.59. The first-order chi connectivity index (χ1) is 9.47. The minimum Gasteiger partial charge on any atom is -0.489 e. The normalized spacial score (nSPS) is 10.4. The Morgan fingerprint density at radius 3 is 2.50 bits per heavy atom. The Hall–Kier alpha value is -1.63. The number of halogens is 3.